The van der Waals surface area contributed by atoms with Gasteiger partial charge in [0.15, 0.2) is 0 Å². The normalized spacial score (nSPS) is 14.1. The summed E-state index contributed by atoms with van der Waals surface area (Å²) in [4.78, 5) is 14.3. The predicted octanol–water partition coefficient (Wildman–Crippen LogP) is 4.03. The number of benzene rings is 3. The molecule has 0 bridgehead atoms. The molecule has 4 rings (SSSR count). The Kier molecular flexibility index (Phi) is 4.26. The van der Waals surface area contributed by atoms with Crippen LogP contribution in [0.3, 0.4) is 0 Å². The van der Waals surface area contributed by atoms with Gasteiger partial charge in [0.2, 0.25) is 0 Å². The van der Waals surface area contributed by atoms with Crippen LogP contribution in [0.1, 0.15) is 10.4 Å². The summed E-state index contributed by atoms with van der Waals surface area (Å²) in [6.07, 6.45) is -0.899. The van der Waals surface area contributed by atoms with Gasteiger partial charge in [0.05, 0.1) is 12.2 Å². The van der Waals surface area contributed by atoms with Gasteiger partial charge in [-0.15, -0.1) is 0 Å². The highest BCUT2D eigenvalue weighted by atomic mass is 35.5. The van der Waals surface area contributed by atoms with E-state index >= 15 is 0 Å². The van der Waals surface area contributed by atoms with Crippen molar-refractivity contribution in [3.05, 3.63) is 71.0 Å². The summed E-state index contributed by atoms with van der Waals surface area (Å²) in [7, 11) is 0. The number of rotatable bonds is 5. The minimum absolute atomic E-state index is 0.0114. The Bertz CT molecular complexity index is 990. The first-order valence-corrected chi connectivity index (χ1v) is 8.52. The standard InChI is InChI=1S/C20H15ClFNO3/c21-17-8-9-18-19-15(17)2-1-3-16(19)20(25)23(18)10-13(24)11-26-14-6-4-12(22)5-7-14/h1-9,13,24H,10-11H2/t13-/m0/s1. The number of hydrogen-bond donors (Lipinski definition) is 1. The molecular formula is C20H15ClFNO3. The van der Waals surface area contributed by atoms with Gasteiger partial charge in [-0.1, -0.05) is 23.7 Å². The molecule has 0 aromatic heterocycles. The Labute approximate surface area is 154 Å². The van der Waals surface area contributed by atoms with Gasteiger partial charge in [0, 0.05) is 21.4 Å². The van der Waals surface area contributed by atoms with Crippen LogP contribution in [0.2, 0.25) is 5.02 Å². The molecule has 3 aromatic rings. The van der Waals surface area contributed by atoms with E-state index < -0.39 is 6.10 Å². The fourth-order valence-electron chi connectivity index (χ4n) is 3.18. The quantitative estimate of drug-likeness (QED) is 0.736. The molecule has 3 aromatic carbocycles. The maximum Gasteiger partial charge on any atom is 0.259 e. The monoisotopic (exact) mass is 371 g/mol. The van der Waals surface area contributed by atoms with Crippen molar-refractivity contribution in [2.24, 2.45) is 0 Å². The Morgan fingerprint density at radius 3 is 2.65 bits per heavy atom. The molecule has 0 saturated heterocycles. The van der Waals surface area contributed by atoms with Crippen molar-refractivity contribution in [1.82, 2.24) is 0 Å². The number of halogens is 2. The lowest BCUT2D eigenvalue weighted by Gasteiger charge is -2.21. The van der Waals surface area contributed by atoms with E-state index in [0.717, 1.165) is 16.5 Å². The van der Waals surface area contributed by atoms with Crippen molar-refractivity contribution < 1.29 is 19.0 Å². The largest absolute Gasteiger partial charge is 0.491 e. The van der Waals surface area contributed by atoms with Crippen molar-refractivity contribution >= 4 is 34.0 Å². The Morgan fingerprint density at radius 1 is 1.12 bits per heavy atom. The van der Waals surface area contributed by atoms with Crippen LogP contribution in [-0.2, 0) is 0 Å². The van der Waals surface area contributed by atoms with Crippen molar-refractivity contribution in [2.75, 3.05) is 18.1 Å². The second kappa shape index (κ2) is 6.59. The van der Waals surface area contributed by atoms with E-state index in [2.05, 4.69) is 0 Å². The van der Waals surface area contributed by atoms with Crippen LogP contribution in [0.5, 0.6) is 5.75 Å². The molecule has 0 aliphatic carbocycles. The first-order chi connectivity index (χ1) is 12.5. The highest BCUT2D eigenvalue weighted by Gasteiger charge is 2.31. The smallest absolute Gasteiger partial charge is 0.259 e. The van der Waals surface area contributed by atoms with E-state index in [1.165, 1.54) is 29.2 Å². The number of β-amino-alcohol motifs (C(OH)–C–C–N with tert-alkyl or cyclic N) is 1. The van der Waals surface area contributed by atoms with E-state index in [1.54, 1.807) is 24.3 Å². The first kappa shape index (κ1) is 16.8. The molecule has 1 atom stereocenters. The van der Waals surface area contributed by atoms with Crippen molar-refractivity contribution in [1.29, 1.82) is 0 Å². The van der Waals surface area contributed by atoms with Crippen LogP contribution in [0.25, 0.3) is 10.8 Å². The Morgan fingerprint density at radius 2 is 1.88 bits per heavy atom. The lowest BCUT2D eigenvalue weighted by Crippen LogP contribution is -2.37. The number of carbonyl (C=O) groups excluding carboxylic acids is 1. The number of aliphatic hydroxyl groups is 1. The topological polar surface area (TPSA) is 49.8 Å². The molecular weight excluding hydrogens is 357 g/mol. The fourth-order valence-corrected chi connectivity index (χ4v) is 3.40. The third-order valence-electron chi connectivity index (χ3n) is 4.38. The van der Waals surface area contributed by atoms with E-state index in [9.17, 15) is 14.3 Å². The maximum absolute atomic E-state index is 12.9. The highest BCUT2D eigenvalue weighted by Crippen LogP contribution is 2.40. The van der Waals surface area contributed by atoms with Gasteiger partial charge in [0.1, 0.15) is 24.3 Å². The fraction of sp³-hybridized carbons (Fsp3) is 0.150. The van der Waals surface area contributed by atoms with Gasteiger partial charge in [-0.2, -0.15) is 0 Å². The second-order valence-electron chi connectivity index (χ2n) is 6.13. The van der Waals surface area contributed by atoms with Gasteiger partial charge < -0.3 is 14.7 Å². The molecule has 26 heavy (non-hydrogen) atoms. The molecule has 1 heterocycles. The molecule has 1 aliphatic rings. The number of carbonyl (C=O) groups is 1. The van der Waals surface area contributed by atoms with Gasteiger partial charge >= 0.3 is 0 Å². The predicted molar refractivity (Wildman–Crippen MR) is 98.5 cm³/mol. The Hall–Kier alpha value is -2.63. The number of aliphatic hydroxyl groups excluding tert-OH is 1. The van der Waals surface area contributed by atoms with Crippen LogP contribution in [0, 0.1) is 5.82 Å². The van der Waals surface area contributed by atoms with E-state index in [-0.39, 0.29) is 24.9 Å². The van der Waals surface area contributed by atoms with Crippen molar-refractivity contribution in [3.8, 4) is 5.75 Å². The number of anilines is 1. The maximum atomic E-state index is 12.9. The molecule has 1 aliphatic heterocycles. The van der Waals surface area contributed by atoms with E-state index in [4.69, 9.17) is 16.3 Å². The zero-order valence-corrected chi connectivity index (χ0v) is 14.4. The molecule has 4 nitrogen and oxygen atoms in total. The van der Waals surface area contributed by atoms with Crippen LogP contribution < -0.4 is 9.64 Å². The van der Waals surface area contributed by atoms with Crippen LogP contribution in [-0.4, -0.2) is 30.3 Å². The third-order valence-corrected chi connectivity index (χ3v) is 4.71. The Balaban J connectivity index is 1.52. The summed E-state index contributed by atoms with van der Waals surface area (Å²) in [6.45, 7) is 0.0773. The third kappa shape index (κ3) is 2.89. The van der Waals surface area contributed by atoms with E-state index in [0.29, 0.717) is 16.3 Å². The first-order valence-electron chi connectivity index (χ1n) is 8.14. The summed E-state index contributed by atoms with van der Waals surface area (Å²) < 4.78 is 18.4. The lowest BCUT2D eigenvalue weighted by atomic mass is 10.1. The SMILES string of the molecule is O=C1c2cccc3c(Cl)ccc(c23)N1C[C@H](O)COc1ccc(F)cc1. The van der Waals surface area contributed by atoms with Gasteiger partial charge in [-0.05, 0) is 42.5 Å². The second-order valence-corrected chi connectivity index (χ2v) is 6.54. The zero-order chi connectivity index (χ0) is 18.3. The zero-order valence-electron chi connectivity index (χ0n) is 13.7. The minimum Gasteiger partial charge on any atom is -0.491 e. The van der Waals surface area contributed by atoms with Gasteiger partial charge in [-0.3, -0.25) is 4.79 Å². The molecule has 0 fully saturated rings. The van der Waals surface area contributed by atoms with Crippen molar-refractivity contribution in [2.45, 2.75) is 6.10 Å². The van der Waals surface area contributed by atoms with Gasteiger partial charge in [-0.25, -0.2) is 4.39 Å². The number of nitrogens with zero attached hydrogens (tertiary/aromatic N) is 1. The number of hydrogen-bond acceptors (Lipinski definition) is 3. The molecule has 6 heteroatoms. The van der Waals surface area contributed by atoms with Crippen LogP contribution in [0.4, 0.5) is 10.1 Å². The summed E-state index contributed by atoms with van der Waals surface area (Å²) in [5.41, 5.74) is 1.30. The molecule has 0 saturated carbocycles. The summed E-state index contributed by atoms with van der Waals surface area (Å²) >= 11 is 6.23. The highest BCUT2D eigenvalue weighted by molar-refractivity contribution is 6.38. The van der Waals surface area contributed by atoms with Crippen molar-refractivity contribution in [3.63, 3.8) is 0 Å². The number of ether oxygens (including phenoxy) is 1. The summed E-state index contributed by atoms with van der Waals surface area (Å²) in [5.74, 6) is -0.0749. The molecule has 0 spiro atoms. The van der Waals surface area contributed by atoms with Gasteiger partial charge in [0.25, 0.3) is 5.91 Å². The lowest BCUT2D eigenvalue weighted by molar-refractivity contribution is 0.0913. The molecule has 132 valence electrons. The van der Waals surface area contributed by atoms with E-state index in [1.807, 2.05) is 6.07 Å². The minimum atomic E-state index is -0.899. The molecule has 1 amide bonds. The van der Waals surface area contributed by atoms with Crippen LogP contribution in [0.15, 0.2) is 54.6 Å². The van der Waals surface area contributed by atoms with Crippen LogP contribution >= 0.6 is 11.6 Å². The number of amides is 1. The summed E-state index contributed by atoms with van der Waals surface area (Å²) in [6, 6.07) is 14.5. The molecule has 1 N–H and O–H groups in total. The molecule has 0 unspecified atom stereocenters. The summed E-state index contributed by atoms with van der Waals surface area (Å²) in [5, 5.41) is 12.5. The average Bonchev–Trinajstić information content (AvgIpc) is 2.91. The molecule has 0 radical (unpaired) electrons. The average molecular weight is 372 g/mol.